The lowest BCUT2D eigenvalue weighted by Crippen LogP contribution is -2.64. The minimum atomic E-state index is -0.183. The van der Waals surface area contributed by atoms with E-state index in [1.165, 1.54) is 0 Å². The summed E-state index contributed by atoms with van der Waals surface area (Å²) in [4.78, 5) is 25.8. The van der Waals surface area contributed by atoms with Crippen molar-refractivity contribution in [2.45, 2.75) is 45.6 Å². The third kappa shape index (κ3) is 3.52. The zero-order valence-electron chi connectivity index (χ0n) is 17.2. The van der Waals surface area contributed by atoms with Gasteiger partial charge in [-0.3, -0.25) is 9.48 Å². The molecule has 1 spiro atoms. The summed E-state index contributed by atoms with van der Waals surface area (Å²) >= 11 is 3.67. The number of aromatic nitrogens is 3. The Morgan fingerprint density at radius 2 is 2.07 bits per heavy atom. The molecule has 156 valence electrons. The Balaban J connectivity index is 1.42. The molecule has 3 heterocycles. The molecule has 0 radical (unpaired) electrons. The lowest BCUT2D eigenvalue weighted by atomic mass is 9.61. The summed E-state index contributed by atoms with van der Waals surface area (Å²) in [5.74, 6) is 0. The van der Waals surface area contributed by atoms with Crippen LogP contribution in [-0.2, 0) is 11.8 Å². The molecular weight excluding hydrogens is 436 g/mol. The molecule has 0 bridgehead atoms. The molecule has 0 atom stereocenters. The Hall–Kier alpha value is -2.09. The highest BCUT2D eigenvalue weighted by Crippen LogP contribution is 2.54. The fraction of sp³-hybridized carbons (Fsp3) is 0.571. The van der Waals surface area contributed by atoms with Crippen LogP contribution < -0.4 is 5.56 Å². The summed E-state index contributed by atoms with van der Waals surface area (Å²) in [6.45, 7) is 6.18. The van der Waals surface area contributed by atoms with Crippen LogP contribution in [0.3, 0.4) is 0 Å². The molecule has 1 saturated heterocycles. The Kier molecular flexibility index (Phi) is 5.31. The Labute approximate surface area is 178 Å². The molecule has 7 nitrogen and oxygen atoms in total. The van der Waals surface area contributed by atoms with Crippen LogP contribution in [0.4, 0.5) is 4.79 Å². The van der Waals surface area contributed by atoms with Crippen LogP contribution in [0.25, 0.3) is 11.4 Å². The average molecular weight is 463 g/mol. The first kappa shape index (κ1) is 20.2. The van der Waals surface area contributed by atoms with E-state index in [9.17, 15) is 9.59 Å². The van der Waals surface area contributed by atoms with Gasteiger partial charge in [0.2, 0.25) is 0 Å². The largest absolute Gasteiger partial charge is 0.449 e. The zero-order valence-corrected chi connectivity index (χ0v) is 18.7. The molecule has 2 aromatic rings. The number of rotatable bonds is 5. The number of carbonyl (C=O) groups is 1. The topological polar surface area (TPSA) is 69.4 Å². The zero-order chi connectivity index (χ0) is 20.8. The van der Waals surface area contributed by atoms with Crippen molar-refractivity contribution >= 4 is 22.0 Å². The van der Waals surface area contributed by atoms with E-state index in [1.807, 2.05) is 17.9 Å². The number of hydrogen-bond donors (Lipinski definition) is 0. The maximum Gasteiger partial charge on any atom is 0.409 e. The summed E-state index contributed by atoms with van der Waals surface area (Å²) < 4.78 is 9.92. The van der Waals surface area contributed by atoms with Gasteiger partial charge in [0.15, 0.2) is 0 Å². The highest BCUT2D eigenvalue weighted by atomic mass is 79.9. The second-order valence-electron chi connectivity index (χ2n) is 8.39. The monoisotopic (exact) mass is 462 g/mol. The van der Waals surface area contributed by atoms with Crippen molar-refractivity contribution in [1.82, 2.24) is 19.2 Å². The van der Waals surface area contributed by atoms with E-state index >= 15 is 0 Å². The van der Waals surface area contributed by atoms with Crippen LogP contribution in [0.15, 0.2) is 27.5 Å². The van der Waals surface area contributed by atoms with Gasteiger partial charge in [0, 0.05) is 31.6 Å². The Bertz CT molecular complexity index is 982. The highest BCUT2D eigenvalue weighted by molar-refractivity contribution is 9.10. The van der Waals surface area contributed by atoms with E-state index < -0.39 is 0 Å². The summed E-state index contributed by atoms with van der Waals surface area (Å²) in [7, 11) is 1.76. The van der Waals surface area contributed by atoms with Gasteiger partial charge in [-0.2, -0.15) is 5.10 Å². The van der Waals surface area contributed by atoms with Gasteiger partial charge in [-0.25, -0.2) is 4.79 Å². The number of pyridine rings is 1. The minimum Gasteiger partial charge on any atom is -0.449 e. The quantitative estimate of drug-likeness (QED) is 0.631. The van der Waals surface area contributed by atoms with Crippen molar-refractivity contribution < 1.29 is 9.53 Å². The lowest BCUT2D eigenvalue weighted by molar-refractivity contribution is -0.0825. The van der Waals surface area contributed by atoms with Crippen molar-refractivity contribution in [2.24, 2.45) is 12.5 Å². The molecule has 2 aromatic heterocycles. The molecule has 29 heavy (non-hydrogen) atoms. The Morgan fingerprint density at radius 1 is 1.34 bits per heavy atom. The average Bonchev–Trinajstić information content (AvgIpc) is 2.91. The molecule has 8 heteroatoms. The van der Waals surface area contributed by atoms with E-state index in [0.717, 1.165) is 60.3 Å². The number of halogens is 1. The second kappa shape index (κ2) is 7.63. The molecule has 1 aliphatic carbocycles. The van der Waals surface area contributed by atoms with Gasteiger partial charge in [0.1, 0.15) is 5.69 Å². The van der Waals surface area contributed by atoms with Gasteiger partial charge in [-0.1, -0.05) is 19.4 Å². The number of carbonyl (C=O) groups excluding carboxylic acids is 1. The van der Waals surface area contributed by atoms with Gasteiger partial charge in [0.05, 0.1) is 28.5 Å². The molecule has 4 rings (SSSR count). The number of amides is 1. The SMILES string of the molecule is CCCCOC(=O)N1CC2(CC(n3nc(-c4cccc(=O)n4C)c(Br)c3C)C2)C1. The second-order valence-corrected chi connectivity index (χ2v) is 9.18. The van der Waals surface area contributed by atoms with E-state index in [1.54, 1.807) is 23.7 Å². The van der Waals surface area contributed by atoms with E-state index in [4.69, 9.17) is 9.84 Å². The molecule has 0 aromatic carbocycles. The number of likely N-dealkylation sites (tertiary alicyclic amines) is 1. The van der Waals surface area contributed by atoms with Crippen molar-refractivity contribution in [1.29, 1.82) is 0 Å². The van der Waals surface area contributed by atoms with E-state index in [2.05, 4.69) is 27.5 Å². The fourth-order valence-electron chi connectivity index (χ4n) is 4.48. The molecule has 0 N–H and O–H groups in total. The summed E-state index contributed by atoms with van der Waals surface area (Å²) in [6.07, 6.45) is 3.77. The molecule has 0 unspecified atom stereocenters. The van der Waals surface area contributed by atoms with Gasteiger partial charge in [0.25, 0.3) is 5.56 Å². The first-order valence-corrected chi connectivity index (χ1v) is 11.0. The molecule has 2 aliphatic rings. The number of nitrogens with zero attached hydrogens (tertiary/aromatic N) is 4. The molecule has 2 fully saturated rings. The van der Waals surface area contributed by atoms with Gasteiger partial charge >= 0.3 is 6.09 Å². The molecular formula is C21H27BrN4O3. The minimum absolute atomic E-state index is 0.0513. The van der Waals surface area contributed by atoms with Crippen LogP contribution in [0.5, 0.6) is 0 Å². The van der Waals surface area contributed by atoms with Gasteiger partial charge < -0.3 is 14.2 Å². The van der Waals surface area contributed by atoms with Crippen LogP contribution in [-0.4, -0.2) is 45.0 Å². The maximum atomic E-state index is 12.0. The van der Waals surface area contributed by atoms with Crippen molar-refractivity contribution in [3.8, 4) is 11.4 Å². The Morgan fingerprint density at radius 3 is 2.76 bits per heavy atom. The molecule has 1 amide bonds. The number of unbranched alkanes of at least 4 members (excludes halogenated alkanes) is 1. The van der Waals surface area contributed by atoms with Gasteiger partial charge in [-0.15, -0.1) is 0 Å². The van der Waals surface area contributed by atoms with Crippen LogP contribution >= 0.6 is 15.9 Å². The number of ether oxygens (including phenoxy) is 1. The summed E-state index contributed by atoms with van der Waals surface area (Å²) in [5, 5.41) is 4.84. The van der Waals surface area contributed by atoms with Crippen LogP contribution in [0.1, 0.15) is 44.3 Å². The summed E-state index contributed by atoms with van der Waals surface area (Å²) in [6, 6.07) is 5.54. The predicted molar refractivity (Wildman–Crippen MR) is 114 cm³/mol. The first-order chi connectivity index (χ1) is 13.8. The lowest BCUT2D eigenvalue weighted by Gasteiger charge is -2.58. The molecule has 1 aliphatic heterocycles. The highest BCUT2D eigenvalue weighted by Gasteiger charge is 2.55. The van der Waals surface area contributed by atoms with Crippen molar-refractivity contribution in [3.63, 3.8) is 0 Å². The van der Waals surface area contributed by atoms with E-state index in [0.29, 0.717) is 12.6 Å². The van der Waals surface area contributed by atoms with Crippen molar-refractivity contribution in [3.05, 3.63) is 38.7 Å². The molecule has 1 saturated carbocycles. The predicted octanol–water partition coefficient (Wildman–Crippen LogP) is 3.89. The normalized spacial score (nSPS) is 17.9. The van der Waals surface area contributed by atoms with Crippen molar-refractivity contribution in [2.75, 3.05) is 19.7 Å². The third-order valence-electron chi connectivity index (χ3n) is 6.22. The first-order valence-electron chi connectivity index (χ1n) is 10.2. The standard InChI is InChI=1S/C21H27BrN4O3/c1-4-5-9-29-20(28)25-12-21(13-25)10-15(11-21)26-14(2)18(22)19(23-26)16-7-6-8-17(27)24(16)3/h6-8,15H,4-5,9-13H2,1-3H3. The van der Waals surface area contributed by atoms with Crippen LogP contribution in [0.2, 0.25) is 0 Å². The van der Waals surface area contributed by atoms with Gasteiger partial charge in [-0.05, 0) is 48.2 Å². The fourth-order valence-corrected chi connectivity index (χ4v) is 4.94. The van der Waals surface area contributed by atoms with Crippen LogP contribution in [0, 0.1) is 12.3 Å². The maximum absolute atomic E-state index is 12.0. The smallest absolute Gasteiger partial charge is 0.409 e. The summed E-state index contributed by atoms with van der Waals surface area (Å²) in [5.41, 5.74) is 2.80. The third-order valence-corrected chi connectivity index (χ3v) is 7.17. The number of hydrogen-bond acceptors (Lipinski definition) is 4. The van der Waals surface area contributed by atoms with E-state index in [-0.39, 0.29) is 17.1 Å².